The predicted octanol–water partition coefficient (Wildman–Crippen LogP) is 7.83. The minimum Gasteiger partial charge on any atom is -0.310 e. The van der Waals surface area contributed by atoms with E-state index in [1.54, 1.807) is 0 Å². The van der Waals surface area contributed by atoms with E-state index in [0.29, 0.717) is 0 Å². The number of benzene rings is 4. The number of hydrogen-bond acceptors (Lipinski definition) is 2. The summed E-state index contributed by atoms with van der Waals surface area (Å²) in [4.78, 5) is 2.31. The maximum atomic E-state index is 2.31. The van der Waals surface area contributed by atoms with Crippen molar-refractivity contribution in [1.82, 2.24) is 0 Å². The Morgan fingerprint density at radius 3 is 1.89 bits per heavy atom. The van der Waals surface area contributed by atoms with Crippen LogP contribution < -0.4 is 4.90 Å². The molecule has 1 aromatic heterocycles. The van der Waals surface area contributed by atoms with Crippen LogP contribution in [0.1, 0.15) is 5.56 Å². The van der Waals surface area contributed by atoms with E-state index in [0.717, 1.165) is 0 Å². The lowest BCUT2D eigenvalue weighted by Crippen LogP contribution is -2.09. The minimum absolute atomic E-state index is 1.17. The number of rotatable bonds is 3. The van der Waals surface area contributed by atoms with Gasteiger partial charge in [-0.1, -0.05) is 54.1 Å². The van der Waals surface area contributed by atoms with Crippen molar-refractivity contribution in [2.45, 2.75) is 6.92 Å². The lowest BCUT2D eigenvalue weighted by atomic mass is 10.1. The van der Waals surface area contributed by atoms with Gasteiger partial charge in [0.15, 0.2) is 0 Å². The minimum atomic E-state index is 1.17. The number of fused-ring (bicyclic) bond motifs is 3. The summed E-state index contributed by atoms with van der Waals surface area (Å²) in [5.41, 5.74) is 4.82. The van der Waals surface area contributed by atoms with Gasteiger partial charge in [-0.3, -0.25) is 0 Å². The monoisotopic (exact) mass is 365 g/mol. The molecular formula is C25H19NS. The van der Waals surface area contributed by atoms with Gasteiger partial charge in [-0.05, 0) is 55.5 Å². The molecule has 5 aromatic rings. The summed E-state index contributed by atoms with van der Waals surface area (Å²) in [6, 6.07) is 34.6. The predicted molar refractivity (Wildman–Crippen MR) is 119 cm³/mol. The topological polar surface area (TPSA) is 3.24 Å². The highest BCUT2D eigenvalue weighted by molar-refractivity contribution is 7.25. The average Bonchev–Trinajstić information content (AvgIpc) is 3.07. The molecule has 0 unspecified atom stereocenters. The highest BCUT2D eigenvalue weighted by atomic mass is 32.1. The Kier molecular flexibility index (Phi) is 3.92. The van der Waals surface area contributed by atoms with Crippen molar-refractivity contribution in [2.24, 2.45) is 0 Å². The highest BCUT2D eigenvalue weighted by Gasteiger charge is 2.14. The van der Waals surface area contributed by atoms with Gasteiger partial charge in [0.1, 0.15) is 0 Å². The maximum absolute atomic E-state index is 2.31. The van der Waals surface area contributed by atoms with Gasteiger partial charge in [0.2, 0.25) is 0 Å². The second-order valence-electron chi connectivity index (χ2n) is 6.79. The molecule has 0 radical (unpaired) electrons. The molecule has 0 aliphatic rings. The molecule has 5 rings (SSSR count). The van der Waals surface area contributed by atoms with Gasteiger partial charge in [-0.15, -0.1) is 11.3 Å². The number of hydrogen-bond donors (Lipinski definition) is 0. The Bertz CT molecular complexity index is 1180. The fraction of sp³-hybridized carbons (Fsp3) is 0.0400. The van der Waals surface area contributed by atoms with Crippen LogP contribution in [0.25, 0.3) is 20.2 Å². The summed E-state index contributed by atoms with van der Waals surface area (Å²) in [7, 11) is 0. The first-order valence-electron chi connectivity index (χ1n) is 9.13. The van der Waals surface area contributed by atoms with Gasteiger partial charge < -0.3 is 4.90 Å². The van der Waals surface area contributed by atoms with Gasteiger partial charge in [-0.25, -0.2) is 0 Å². The Morgan fingerprint density at radius 2 is 1.22 bits per heavy atom. The van der Waals surface area contributed by atoms with E-state index in [9.17, 15) is 0 Å². The lowest BCUT2D eigenvalue weighted by molar-refractivity contribution is 1.29. The quantitative estimate of drug-likeness (QED) is 0.315. The van der Waals surface area contributed by atoms with Gasteiger partial charge in [-0.2, -0.15) is 0 Å². The molecule has 1 nitrogen and oxygen atoms in total. The number of anilines is 3. The van der Waals surface area contributed by atoms with Crippen LogP contribution in [-0.2, 0) is 0 Å². The van der Waals surface area contributed by atoms with Gasteiger partial charge in [0.25, 0.3) is 0 Å². The molecule has 0 spiro atoms. The largest absolute Gasteiger partial charge is 0.310 e. The van der Waals surface area contributed by atoms with E-state index >= 15 is 0 Å². The molecule has 0 saturated carbocycles. The van der Waals surface area contributed by atoms with Crippen molar-refractivity contribution in [3.63, 3.8) is 0 Å². The third-order valence-corrected chi connectivity index (χ3v) is 6.03. The van der Waals surface area contributed by atoms with Crippen LogP contribution in [0.2, 0.25) is 0 Å². The van der Waals surface area contributed by atoms with Crippen molar-refractivity contribution in [1.29, 1.82) is 0 Å². The van der Waals surface area contributed by atoms with Crippen LogP contribution in [0, 0.1) is 6.92 Å². The van der Waals surface area contributed by atoms with Crippen LogP contribution in [0.5, 0.6) is 0 Å². The van der Waals surface area contributed by atoms with Crippen LogP contribution in [0.15, 0.2) is 97.1 Å². The van der Waals surface area contributed by atoms with E-state index in [-0.39, 0.29) is 0 Å². The molecular weight excluding hydrogens is 346 g/mol. The van der Waals surface area contributed by atoms with Gasteiger partial charge in [0.05, 0.1) is 0 Å². The molecule has 0 N–H and O–H groups in total. The second-order valence-corrected chi connectivity index (χ2v) is 7.87. The Hall–Kier alpha value is -3.10. The first-order valence-corrected chi connectivity index (χ1v) is 9.94. The molecule has 0 fully saturated rings. The lowest BCUT2D eigenvalue weighted by Gasteiger charge is -2.25. The third kappa shape index (κ3) is 2.88. The van der Waals surface area contributed by atoms with Crippen LogP contribution in [0.4, 0.5) is 17.1 Å². The Balaban J connectivity index is 1.72. The Morgan fingerprint density at radius 1 is 0.556 bits per heavy atom. The summed E-state index contributed by atoms with van der Waals surface area (Å²) >= 11 is 1.87. The van der Waals surface area contributed by atoms with Gasteiger partial charge in [0, 0.05) is 37.2 Å². The van der Waals surface area contributed by atoms with Crippen LogP contribution in [-0.4, -0.2) is 0 Å². The second kappa shape index (κ2) is 6.57. The van der Waals surface area contributed by atoms with Crippen molar-refractivity contribution in [2.75, 3.05) is 4.90 Å². The molecule has 130 valence electrons. The first kappa shape index (κ1) is 16.1. The zero-order valence-corrected chi connectivity index (χ0v) is 15.9. The molecule has 2 heteroatoms. The van der Waals surface area contributed by atoms with Gasteiger partial charge >= 0.3 is 0 Å². The zero-order chi connectivity index (χ0) is 18.2. The summed E-state index contributed by atoms with van der Waals surface area (Å²) in [6.45, 7) is 2.16. The highest BCUT2D eigenvalue weighted by Crippen LogP contribution is 2.40. The molecule has 4 aromatic carbocycles. The zero-order valence-electron chi connectivity index (χ0n) is 15.1. The average molecular weight is 366 g/mol. The normalized spacial score (nSPS) is 11.1. The number of nitrogens with zero attached hydrogens (tertiary/aromatic N) is 1. The van der Waals surface area contributed by atoms with E-state index in [2.05, 4.69) is 109 Å². The number of para-hydroxylation sites is 2. The van der Waals surface area contributed by atoms with Crippen molar-refractivity contribution in [3.8, 4) is 0 Å². The van der Waals surface area contributed by atoms with E-state index in [4.69, 9.17) is 0 Å². The molecule has 0 atom stereocenters. The van der Waals surface area contributed by atoms with Crippen molar-refractivity contribution >= 4 is 48.6 Å². The fourth-order valence-electron chi connectivity index (χ4n) is 3.62. The standard InChI is InChI=1S/C25H19NS/c1-18-12-15-24-23(16-18)22-14-13-21(17-25(22)27-24)26(19-8-4-2-5-9-19)20-10-6-3-7-11-20/h2-17H,1H3. The number of thiophene rings is 1. The van der Waals surface area contributed by atoms with Crippen molar-refractivity contribution in [3.05, 3.63) is 103 Å². The molecule has 0 saturated heterocycles. The molecule has 27 heavy (non-hydrogen) atoms. The van der Waals surface area contributed by atoms with E-state index in [1.165, 1.54) is 42.8 Å². The molecule has 0 bridgehead atoms. The Labute approximate surface area is 163 Å². The van der Waals surface area contributed by atoms with Crippen LogP contribution in [0.3, 0.4) is 0 Å². The first-order chi connectivity index (χ1) is 13.3. The summed E-state index contributed by atoms with van der Waals surface area (Å²) in [5, 5.41) is 2.69. The maximum Gasteiger partial charge on any atom is 0.0476 e. The number of aryl methyl sites for hydroxylation is 1. The van der Waals surface area contributed by atoms with Crippen LogP contribution >= 0.6 is 11.3 Å². The van der Waals surface area contributed by atoms with E-state index in [1.807, 2.05) is 11.3 Å². The summed E-state index contributed by atoms with van der Waals surface area (Å²) < 4.78 is 2.67. The smallest absolute Gasteiger partial charge is 0.0476 e. The van der Waals surface area contributed by atoms with Crippen molar-refractivity contribution < 1.29 is 0 Å². The molecule has 0 amide bonds. The summed E-state index contributed by atoms with van der Waals surface area (Å²) in [5.74, 6) is 0. The fourth-order valence-corrected chi connectivity index (χ4v) is 4.74. The summed E-state index contributed by atoms with van der Waals surface area (Å²) in [6.07, 6.45) is 0. The van der Waals surface area contributed by atoms with E-state index < -0.39 is 0 Å². The SMILES string of the molecule is Cc1ccc2sc3cc(N(c4ccccc4)c4ccccc4)ccc3c2c1. The third-order valence-electron chi connectivity index (χ3n) is 4.90. The molecule has 0 aliphatic carbocycles. The molecule has 0 aliphatic heterocycles. The molecule has 1 heterocycles.